The molecule has 1 heterocycles. The van der Waals surface area contributed by atoms with Crippen LogP contribution in [0.4, 0.5) is 0 Å². The highest BCUT2D eigenvalue weighted by atomic mass is 32.2. The highest BCUT2D eigenvalue weighted by Gasteiger charge is 2.16. The lowest BCUT2D eigenvalue weighted by Gasteiger charge is -2.07. The van der Waals surface area contributed by atoms with Crippen molar-refractivity contribution in [3.63, 3.8) is 0 Å². The molecule has 0 aliphatic rings. The van der Waals surface area contributed by atoms with Gasteiger partial charge in [0.25, 0.3) is 0 Å². The summed E-state index contributed by atoms with van der Waals surface area (Å²) in [5.74, 6) is 0. The second-order valence-corrected chi connectivity index (χ2v) is 7.36. The third-order valence-corrected chi connectivity index (χ3v) is 5.50. The minimum atomic E-state index is -3.48. The Kier molecular flexibility index (Phi) is 4.03. The Bertz CT molecular complexity index is 671. The van der Waals surface area contributed by atoms with Gasteiger partial charge in [-0.05, 0) is 32.4 Å². The lowest BCUT2D eigenvalue weighted by atomic mass is 10.2. The molecule has 0 bridgehead atoms. The average molecular weight is 296 g/mol. The normalized spacial score (nSPS) is 11.7. The quantitative estimate of drug-likeness (QED) is 0.943. The number of nitrogens with one attached hydrogen (secondary N) is 1. The maximum Gasteiger partial charge on any atom is 0.241 e. The Morgan fingerprint density at radius 1 is 1.21 bits per heavy atom. The summed E-state index contributed by atoms with van der Waals surface area (Å²) >= 11 is 1.52. The van der Waals surface area contributed by atoms with E-state index < -0.39 is 10.0 Å². The molecule has 2 aromatic rings. The van der Waals surface area contributed by atoms with Crippen LogP contribution in [0.5, 0.6) is 0 Å². The maximum absolute atomic E-state index is 12.2. The first-order valence-corrected chi connectivity index (χ1v) is 8.18. The highest BCUT2D eigenvalue weighted by Crippen LogP contribution is 2.18. The van der Waals surface area contributed by atoms with Crippen molar-refractivity contribution in [2.75, 3.05) is 0 Å². The van der Waals surface area contributed by atoms with Crippen LogP contribution in [-0.2, 0) is 16.6 Å². The SMILES string of the molecule is Cc1ccccc1S(=O)(=O)NCc1nc(C)c(C)s1. The first kappa shape index (κ1) is 14.2. The van der Waals surface area contributed by atoms with Gasteiger partial charge in [0.1, 0.15) is 5.01 Å². The number of benzene rings is 1. The van der Waals surface area contributed by atoms with Gasteiger partial charge >= 0.3 is 0 Å². The van der Waals surface area contributed by atoms with E-state index in [9.17, 15) is 8.42 Å². The summed E-state index contributed by atoms with van der Waals surface area (Å²) in [4.78, 5) is 5.76. The Morgan fingerprint density at radius 2 is 1.89 bits per heavy atom. The zero-order valence-corrected chi connectivity index (χ0v) is 12.7. The first-order chi connectivity index (χ1) is 8.90. The number of thiazole rings is 1. The minimum absolute atomic E-state index is 0.232. The van der Waals surface area contributed by atoms with E-state index in [1.807, 2.05) is 19.9 Å². The molecule has 0 fully saturated rings. The second kappa shape index (κ2) is 5.40. The van der Waals surface area contributed by atoms with E-state index in [1.165, 1.54) is 11.3 Å². The van der Waals surface area contributed by atoms with Crippen LogP contribution in [0.3, 0.4) is 0 Å². The van der Waals surface area contributed by atoms with Crippen LogP contribution in [0.15, 0.2) is 29.2 Å². The summed E-state index contributed by atoms with van der Waals surface area (Å²) in [6.07, 6.45) is 0. The van der Waals surface area contributed by atoms with Crippen LogP contribution in [0.1, 0.15) is 21.1 Å². The smallest absolute Gasteiger partial charge is 0.241 e. The molecule has 0 radical (unpaired) electrons. The van der Waals surface area contributed by atoms with E-state index in [2.05, 4.69) is 9.71 Å². The van der Waals surface area contributed by atoms with Crippen LogP contribution in [0.25, 0.3) is 0 Å². The van der Waals surface area contributed by atoms with Gasteiger partial charge in [-0.25, -0.2) is 18.1 Å². The summed E-state index contributed by atoms with van der Waals surface area (Å²) in [5, 5.41) is 0.784. The molecule has 0 aliphatic carbocycles. The van der Waals surface area contributed by atoms with Gasteiger partial charge in [0.15, 0.2) is 0 Å². The van der Waals surface area contributed by atoms with Crippen molar-refractivity contribution in [3.8, 4) is 0 Å². The number of aryl methyl sites for hydroxylation is 3. The van der Waals surface area contributed by atoms with Crippen molar-refractivity contribution < 1.29 is 8.42 Å². The molecule has 1 N–H and O–H groups in total. The molecule has 102 valence electrons. The summed E-state index contributed by atoms with van der Waals surface area (Å²) in [6, 6.07) is 6.93. The van der Waals surface area contributed by atoms with Gasteiger partial charge in [0.05, 0.1) is 17.1 Å². The van der Waals surface area contributed by atoms with E-state index in [4.69, 9.17) is 0 Å². The Balaban J connectivity index is 2.17. The molecule has 0 saturated heterocycles. The van der Waals surface area contributed by atoms with E-state index in [0.29, 0.717) is 4.90 Å². The van der Waals surface area contributed by atoms with Crippen LogP contribution in [-0.4, -0.2) is 13.4 Å². The van der Waals surface area contributed by atoms with Crippen molar-refractivity contribution >= 4 is 21.4 Å². The lowest BCUT2D eigenvalue weighted by Crippen LogP contribution is -2.23. The molecule has 19 heavy (non-hydrogen) atoms. The van der Waals surface area contributed by atoms with E-state index in [-0.39, 0.29) is 6.54 Å². The second-order valence-electron chi connectivity index (χ2n) is 4.34. The van der Waals surface area contributed by atoms with Crippen LogP contribution in [0, 0.1) is 20.8 Å². The van der Waals surface area contributed by atoms with Gasteiger partial charge in [0, 0.05) is 4.88 Å². The summed E-state index contributed by atoms with van der Waals surface area (Å²) < 4.78 is 27.0. The van der Waals surface area contributed by atoms with Crippen LogP contribution < -0.4 is 4.72 Å². The molecule has 6 heteroatoms. The van der Waals surface area contributed by atoms with Gasteiger partial charge in [-0.3, -0.25) is 0 Å². The van der Waals surface area contributed by atoms with Crippen molar-refractivity contribution in [2.45, 2.75) is 32.2 Å². The molecular formula is C13H16N2O2S2. The predicted octanol–water partition coefficient (Wildman–Crippen LogP) is 2.55. The molecule has 0 saturated carbocycles. The molecular weight excluding hydrogens is 280 g/mol. The summed E-state index contributed by atoms with van der Waals surface area (Å²) in [6.45, 7) is 5.92. The van der Waals surface area contributed by atoms with E-state index in [0.717, 1.165) is 21.1 Å². The molecule has 1 aromatic heterocycles. The standard InChI is InChI=1S/C13H16N2O2S2/c1-9-6-4-5-7-12(9)19(16,17)14-8-13-15-10(2)11(3)18-13/h4-7,14H,8H2,1-3H3. The maximum atomic E-state index is 12.2. The predicted molar refractivity (Wildman–Crippen MR) is 76.8 cm³/mol. The number of hydrogen-bond donors (Lipinski definition) is 1. The minimum Gasteiger partial charge on any atom is -0.245 e. The monoisotopic (exact) mass is 296 g/mol. The van der Waals surface area contributed by atoms with Gasteiger partial charge in [-0.1, -0.05) is 18.2 Å². The third-order valence-electron chi connectivity index (χ3n) is 2.87. The Hall–Kier alpha value is -1.24. The molecule has 0 amide bonds. The van der Waals surface area contributed by atoms with Gasteiger partial charge in [-0.15, -0.1) is 11.3 Å². The molecule has 2 rings (SSSR count). The fourth-order valence-corrected chi connectivity index (χ4v) is 3.90. The molecule has 0 aliphatic heterocycles. The first-order valence-electron chi connectivity index (χ1n) is 5.88. The topological polar surface area (TPSA) is 59.1 Å². The zero-order valence-electron chi connectivity index (χ0n) is 11.1. The summed E-state index contributed by atoms with van der Waals surface area (Å²) in [7, 11) is -3.48. The Morgan fingerprint density at radius 3 is 2.47 bits per heavy atom. The number of sulfonamides is 1. The van der Waals surface area contributed by atoms with Crippen molar-refractivity contribution in [3.05, 3.63) is 45.4 Å². The molecule has 0 unspecified atom stereocenters. The summed E-state index contributed by atoms with van der Waals surface area (Å²) in [5.41, 5.74) is 1.69. The van der Waals surface area contributed by atoms with E-state index in [1.54, 1.807) is 25.1 Å². The van der Waals surface area contributed by atoms with Gasteiger partial charge in [-0.2, -0.15) is 0 Å². The molecule has 0 atom stereocenters. The largest absolute Gasteiger partial charge is 0.245 e. The fourth-order valence-electron chi connectivity index (χ4n) is 1.71. The lowest BCUT2D eigenvalue weighted by molar-refractivity contribution is 0.580. The van der Waals surface area contributed by atoms with Crippen molar-refractivity contribution in [1.82, 2.24) is 9.71 Å². The molecule has 1 aromatic carbocycles. The average Bonchev–Trinajstić information content (AvgIpc) is 2.67. The molecule has 4 nitrogen and oxygen atoms in total. The van der Waals surface area contributed by atoms with Crippen molar-refractivity contribution in [2.24, 2.45) is 0 Å². The van der Waals surface area contributed by atoms with Crippen molar-refractivity contribution in [1.29, 1.82) is 0 Å². The van der Waals surface area contributed by atoms with Crippen LogP contribution >= 0.6 is 11.3 Å². The van der Waals surface area contributed by atoms with Crippen LogP contribution in [0.2, 0.25) is 0 Å². The highest BCUT2D eigenvalue weighted by molar-refractivity contribution is 7.89. The number of aromatic nitrogens is 1. The Labute approximate surface area is 117 Å². The number of hydrogen-bond acceptors (Lipinski definition) is 4. The zero-order chi connectivity index (χ0) is 14.0. The molecule has 0 spiro atoms. The van der Waals surface area contributed by atoms with E-state index >= 15 is 0 Å². The van der Waals surface area contributed by atoms with Gasteiger partial charge in [0.2, 0.25) is 10.0 Å². The number of nitrogens with zero attached hydrogens (tertiary/aromatic N) is 1. The third kappa shape index (κ3) is 3.20. The van der Waals surface area contributed by atoms with Gasteiger partial charge < -0.3 is 0 Å². The number of rotatable bonds is 4. The fraction of sp³-hybridized carbons (Fsp3) is 0.308.